The molecule has 0 atom stereocenters. The van der Waals surface area contributed by atoms with Gasteiger partial charge in [-0.05, 0) is 45.9 Å². The molecule has 3 heteroatoms. The summed E-state index contributed by atoms with van der Waals surface area (Å²) in [6.45, 7) is 13.0. The van der Waals surface area contributed by atoms with Gasteiger partial charge < -0.3 is 9.80 Å². The Bertz CT molecular complexity index is 206. The standard InChI is InChI=1S/C13H26N2O/c1-4-14(5-2)10-11-15-8-6-13(7-9-15)12(3)16/h13H,4-11H2,1-3H3. The fourth-order valence-electron chi connectivity index (χ4n) is 2.39. The van der Waals surface area contributed by atoms with Crippen LogP contribution in [0.25, 0.3) is 0 Å². The highest BCUT2D eigenvalue weighted by atomic mass is 16.1. The van der Waals surface area contributed by atoms with Crippen molar-refractivity contribution in [2.75, 3.05) is 39.3 Å². The van der Waals surface area contributed by atoms with E-state index in [1.54, 1.807) is 6.92 Å². The molecule has 1 heterocycles. The fourth-order valence-corrected chi connectivity index (χ4v) is 2.39. The van der Waals surface area contributed by atoms with Crippen LogP contribution < -0.4 is 0 Å². The van der Waals surface area contributed by atoms with Crippen LogP contribution in [0.4, 0.5) is 0 Å². The van der Waals surface area contributed by atoms with E-state index in [-0.39, 0.29) is 0 Å². The number of ketones is 1. The number of carbonyl (C=O) groups excluding carboxylic acids is 1. The number of piperidine rings is 1. The van der Waals surface area contributed by atoms with E-state index in [9.17, 15) is 4.79 Å². The summed E-state index contributed by atoms with van der Waals surface area (Å²) in [5.41, 5.74) is 0. The molecule has 1 aliphatic heterocycles. The van der Waals surface area contributed by atoms with Crippen LogP contribution in [-0.2, 0) is 4.79 Å². The Morgan fingerprint density at radius 2 is 1.81 bits per heavy atom. The Kier molecular flexibility index (Phi) is 5.99. The van der Waals surface area contributed by atoms with Gasteiger partial charge in [0.1, 0.15) is 5.78 Å². The van der Waals surface area contributed by atoms with E-state index >= 15 is 0 Å². The van der Waals surface area contributed by atoms with Crippen LogP contribution >= 0.6 is 0 Å². The van der Waals surface area contributed by atoms with Gasteiger partial charge in [0.25, 0.3) is 0 Å². The lowest BCUT2D eigenvalue weighted by atomic mass is 9.93. The number of hydrogen-bond donors (Lipinski definition) is 0. The van der Waals surface area contributed by atoms with E-state index in [4.69, 9.17) is 0 Å². The fraction of sp³-hybridized carbons (Fsp3) is 0.923. The zero-order valence-corrected chi connectivity index (χ0v) is 11.0. The molecule has 0 amide bonds. The van der Waals surface area contributed by atoms with Gasteiger partial charge in [-0.3, -0.25) is 4.79 Å². The molecule has 0 radical (unpaired) electrons. The normalized spacial score (nSPS) is 19.2. The second-order valence-corrected chi connectivity index (χ2v) is 4.75. The van der Waals surface area contributed by atoms with Crippen LogP contribution in [0.2, 0.25) is 0 Å². The van der Waals surface area contributed by atoms with Gasteiger partial charge in [-0.25, -0.2) is 0 Å². The predicted molar refractivity (Wildman–Crippen MR) is 67.6 cm³/mol. The van der Waals surface area contributed by atoms with Gasteiger partial charge in [-0.2, -0.15) is 0 Å². The number of nitrogens with zero attached hydrogens (tertiary/aromatic N) is 2. The highest BCUT2D eigenvalue weighted by Crippen LogP contribution is 2.17. The smallest absolute Gasteiger partial charge is 0.133 e. The average molecular weight is 226 g/mol. The molecule has 1 rings (SSSR count). The van der Waals surface area contributed by atoms with Crippen LogP contribution in [0.5, 0.6) is 0 Å². The maximum atomic E-state index is 11.2. The topological polar surface area (TPSA) is 23.6 Å². The van der Waals surface area contributed by atoms with Crippen molar-refractivity contribution in [3.05, 3.63) is 0 Å². The minimum atomic E-state index is 0.338. The van der Waals surface area contributed by atoms with Crippen molar-refractivity contribution in [1.29, 1.82) is 0 Å². The molecule has 3 nitrogen and oxygen atoms in total. The van der Waals surface area contributed by atoms with Crippen LogP contribution in [0, 0.1) is 5.92 Å². The zero-order chi connectivity index (χ0) is 12.0. The summed E-state index contributed by atoms with van der Waals surface area (Å²) < 4.78 is 0. The Labute approximate surface area is 99.8 Å². The molecule has 0 aliphatic carbocycles. The molecule has 0 unspecified atom stereocenters. The molecule has 0 aromatic carbocycles. The molecule has 1 saturated heterocycles. The largest absolute Gasteiger partial charge is 0.303 e. The third kappa shape index (κ3) is 4.22. The first-order chi connectivity index (χ1) is 7.67. The molecular weight excluding hydrogens is 200 g/mol. The van der Waals surface area contributed by atoms with Crippen molar-refractivity contribution in [3.8, 4) is 0 Å². The number of Topliss-reactive ketones (excluding diaryl/α,β-unsaturated/α-hetero) is 1. The molecule has 0 aromatic rings. The monoisotopic (exact) mass is 226 g/mol. The quantitative estimate of drug-likeness (QED) is 0.688. The molecule has 0 N–H and O–H groups in total. The first-order valence-corrected chi connectivity index (χ1v) is 6.62. The number of likely N-dealkylation sites (tertiary alicyclic amines) is 1. The Balaban J connectivity index is 2.19. The SMILES string of the molecule is CCN(CC)CCN1CCC(C(C)=O)CC1. The number of likely N-dealkylation sites (N-methyl/N-ethyl adjacent to an activating group) is 1. The van der Waals surface area contributed by atoms with E-state index < -0.39 is 0 Å². The highest BCUT2D eigenvalue weighted by molar-refractivity contribution is 5.78. The molecular formula is C13H26N2O. The summed E-state index contributed by atoms with van der Waals surface area (Å²) in [7, 11) is 0. The molecule has 16 heavy (non-hydrogen) atoms. The van der Waals surface area contributed by atoms with Gasteiger partial charge in [0.15, 0.2) is 0 Å². The summed E-state index contributed by atoms with van der Waals surface area (Å²) in [6, 6.07) is 0. The molecule has 94 valence electrons. The maximum Gasteiger partial charge on any atom is 0.133 e. The molecule has 0 aromatic heterocycles. The van der Waals surface area contributed by atoms with Crippen LogP contribution in [-0.4, -0.2) is 54.9 Å². The Morgan fingerprint density at radius 1 is 1.25 bits per heavy atom. The van der Waals surface area contributed by atoms with E-state index in [0.717, 1.165) is 52.1 Å². The summed E-state index contributed by atoms with van der Waals surface area (Å²) in [5.74, 6) is 0.716. The minimum Gasteiger partial charge on any atom is -0.303 e. The third-order valence-corrected chi connectivity index (χ3v) is 3.79. The van der Waals surface area contributed by atoms with Crippen molar-refractivity contribution in [2.45, 2.75) is 33.6 Å². The van der Waals surface area contributed by atoms with E-state index in [1.807, 2.05) is 0 Å². The van der Waals surface area contributed by atoms with E-state index in [2.05, 4.69) is 23.6 Å². The lowest BCUT2D eigenvalue weighted by Crippen LogP contribution is -2.40. The summed E-state index contributed by atoms with van der Waals surface area (Å²) >= 11 is 0. The van der Waals surface area contributed by atoms with Gasteiger partial charge in [0.2, 0.25) is 0 Å². The number of rotatable bonds is 6. The van der Waals surface area contributed by atoms with Crippen LogP contribution in [0.3, 0.4) is 0 Å². The van der Waals surface area contributed by atoms with Crippen molar-refractivity contribution in [1.82, 2.24) is 9.80 Å². The summed E-state index contributed by atoms with van der Waals surface area (Å²) in [5, 5.41) is 0. The second kappa shape index (κ2) is 7.02. The lowest BCUT2D eigenvalue weighted by molar-refractivity contribution is -0.122. The molecule has 0 spiro atoms. The van der Waals surface area contributed by atoms with Crippen LogP contribution in [0.15, 0.2) is 0 Å². The second-order valence-electron chi connectivity index (χ2n) is 4.75. The highest BCUT2D eigenvalue weighted by Gasteiger charge is 2.21. The van der Waals surface area contributed by atoms with Crippen molar-refractivity contribution in [2.24, 2.45) is 5.92 Å². The summed E-state index contributed by atoms with van der Waals surface area (Å²) in [6.07, 6.45) is 2.13. The van der Waals surface area contributed by atoms with E-state index in [1.165, 1.54) is 0 Å². The van der Waals surface area contributed by atoms with Crippen molar-refractivity contribution < 1.29 is 4.79 Å². The van der Waals surface area contributed by atoms with Gasteiger partial charge in [0.05, 0.1) is 0 Å². The minimum absolute atomic E-state index is 0.338. The average Bonchev–Trinajstić information content (AvgIpc) is 2.31. The Morgan fingerprint density at radius 3 is 2.25 bits per heavy atom. The molecule has 1 fully saturated rings. The Hall–Kier alpha value is -0.410. The number of carbonyl (C=O) groups is 1. The van der Waals surface area contributed by atoms with Gasteiger partial charge >= 0.3 is 0 Å². The third-order valence-electron chi connectivity index (χ3n) is 3.79. The predicted octanol–water partition coefficient (Wildman–Crippen LogP) is 1.63. The summed E-state index contributed by atoms with van der Waals surface area (Å²) in [4.78, 5) is 16.2. The first-order valence-electron chi connectivity index (χ1n) is 6.62. The van der Waals surface area contributed by atoms with Crippen molar-refractivity contribution >= 4 is 5.78 Å². The van der Waals surface area contributed by atoms with Gasteiger partial charge in [-0.15, -0.1) is 0 Å². The number of hydrogen-bond acceptors (Lipinski definition) is 3. The zero-order valence-electron chi connectivity index (χ0n) is 11.0. The molecule has 1 aliphatic rings. The molecule has 0 saturated carbocycles. The van der Waals surface area contributed by atoms with Crippen LogP contribution in [0.1, 0.15) is 33.6 Å². The first kappa shape index (κ1) is 13.7. The van der Waals surface area contributed by atoms with Gasteiger partial charge in [0, 0.05) is 19.0 Å². The maximum absolute atomic E-state index is 11.2. The van der Waals surface area contributed by atoms with E-state index in [0.29, 0.717) is 11.7 Å². The van der Waals surface area contributed by atoms with Gasteiger partial charge in [-0.1, -0.05) is 13.8 Å². The van der Waals surface area contributed by atoms with Crippen molar-refractivity contribution in [3.63, 3.8) is 0 Å². The molecule has 0 bridgehead atoms. The lowest BCUT2D eigenvalue weighted by Gasteiger charge is -2.32.